The van der Waals surface area contributed by atoms with E-state index in [1.54, 1.807) is 6.20 Å². The maximum atomic E-state index is 11.6. The van der Waals surface area contributed by atoms with Crippen LogP contribution in [0.4, 0.5) is 0 Å². The Morgan fingerprint density at radius 1 is 1.53 bits per heavy atom. The van der Waals surface area contributed by atoms with E-state index in [0.29, 0.717) is 5.92 Å². The zero-order valence-electron chi connectivity index (χ0n) is 9.06. The third-order valence-electron chi connectivity index (χ3n) is 2.80. The van der Waals surface area contributed by atoms with Gasteiger partial charge >= 0.3 is 5.97 Å². The number of aryl methyl sites for hydroxylation is 1. The molecule has 0 aromatic carbocycles. The van der Waals surface area contributed by atoms with Crippen LogP contribution in [0.15, 0.2) is 18.3 Å². The Balaban J connectivity index is 2.24. The minimum absolute atomic E-state index is 0.157. The van der Waals surface area contributed by atoms with E-state index in [1.165, 1.54) is 7.11 Å². The Morgan fingerprint density at radius 2 is 2.27 bits per heavy atom. The molecule has 1 heterocycles. The molecule has 2 rings (SSSR count). The second-order valence-electron chi connectivity index (χ2n) is 4.10. The largest absolute Gasteiger partial charge is 0.468 e. The van der Waals surface area contributed by atoms with Crippen molar-refractivity contribution < 1.29 is 9.53 Å². The lowest BCUT2D eigenvalue weighted by atomic mass is 9.99. The lowest BCUT2D eigenvalue weighted by molar-refractivity contribution is -0.143. The third-order valence-corrected chi connectivity index (χ3v) is 2.80. The number of nitrogens with zero attached hydrogens (tertiary/aromatic N) is 1. The summed E-state index contributed by atoms with van der Waals surface area (Å²) in [6, 6.07) is 3.91. The SMILES string of the molecule is COC(=O)C(c1ccc(C)cn1)C1CC1. The van der Waals surface area contributed by atoms with Crippen molar-refractivity contribution in [3.8, 4) is 0 Å². The average molecular weight is 205 g/mol. The summed E-state index contributed by atoms with van der Waals surface area (Å²) in [7, 11) is 1.44. The van der Waals surface area contributed by atoms with Gasteiger partial charge in [0, 0.05) is 6.20 Å². The Morgan fingerprint density at radius 3 is 2.73 bits per heavy atom. The van der Waals surface area contributed by atoms with Gasteiger partial charge < -0.3 is 4.74 Å². The van der Waals surface area contributed by atoms with Crippen molar-refractivity contribution in [1.82, 2.24) is 4.98 Å². The highest BCUT2D eigenvalue weighted by atomic mass is 16.5. The van der Waals surface area contributed by atoms with Gasteiger partial charge in [-0.2, -0.15) is 0 Å². The van der Waals surface area contributed by atoms with Crippen molar-refractivity contribution in [1.29, 1.82) is 0 Å². The minimum atomic E-state index is -0.158. The summed E-state index contributed by atoms with van der Waals surface area (Å²) < 4.78 is 4.82. The molecule has 1 fully saturated rings. The minimum Gasteiger partial charge on any atom is -0.468 e. The van der Waals surface area contributed by atoms with E-state index in [1.807, 2.05) is 19.1 Å². The number of hydrogen-bond acceptors (Lipinski definition) is 3. The van der Waals surface area contributed by atoms with Gasteiger partial charge in [0.25, 0.3) is 0 Å². The molecule has 1 aliphatic carbocycles. The summed E-state index contributed by atoms with van der Waals surface area (Å²) in [6.07, 6.45) is 4.01. The van der Waals surface area contributed by atoms with E-state index in [-0.39, 0.29) is 11.9 Å². The zero-order valence-corrected chi connectivity index (χ0v) is 9.06. The second-order valence-corrected chi connectivity index (χ2v) is 4.10. The lowest BCUT2D eigenvalue weighted by Crippen LogP contribution is -2.17. The number of hydrogen-bond donors (Lipinski definition) is 0. The molecule has 0 amide bonds. The van der Waals surface area contributed by atoms with Crippen LogP contribution in [0.5, 0.6) is 0 Å². The van der Waals surface area contributed by atoms with Gasteiger partial charge in [0.15, 0.2) is 0 Å². The summed E-state index contributed by atoms with van der Waals surface area (Å²) in [5.74, 6) is 0.122. The Kier molecular flexibility index (Phi) is 2.71. The molecule has 0 N–H and O–H groups in total. The maximum absolute atomic E-state index is 11.6. The molecule has 3 heteroatoms. The van der Waals surface area contributed by atoms with Gasteiger partial charge in [-0.25, -0.2) is 0 Å². The van der Waals surface area contributed by atoms with Crippen molar-refractivity contribution in [3.05, 3.63) is 29.6 Å². The number of methoxy groups -OCH3 is 1. The summed E-state index contributed by atoms with van der Waals surface area (Å²) in [4.78, 5) is 15.9. The van der Waals surface area contributed by atoms with Crippen LogP contribution >= 0.6 is 0 Å². The van der Waals surface area contributed by atoms with Crippen molar-refractivity contribution >= 4 is 5.97 Å². The molecule has 0 aliphatic heterocycles. The molecule has 0 saturated heterocycles. The maximum Gasteiger partial charge on any atom is 0.315 e. The molecule has 1 aromatic heterocycles. The smallest absolute Gasteiger partial charge is 0.315 e. The molecular formula is C12H15NO2. The van der Waals surface area contributed by atoms with Gasteiger partial charge in [0.1, 0.15) is 5.92 Å². The Labute approximate surface area is 89.5 Å². The molecule has 1 aliphatic rings. The van der Waals surface area contributed by atoms with E-state index in [0.717, 1.165) is 24.1 Å². The van der Waals surface area contributed by atoms with Gasteiger partial charge in [-0.3, -0.25) is 9.78 Å². The Hall–Kier alpha value is -1.38. The number of pyridine rings is 1. The van der Waals surface area contributed by atoms with Crippen LogP contribution in [0.2, 0.25) is 0 Å². The predicted molar refractivity (Wildman–Crippen MR) is 56.5 cm³/mol. The van der Waals surface area contributed by atoms with Gasteiger partial charge in [-0.1, -0.05) is 6.07 Å². The van der Waals surface area contributed by atoms with Gasteiger partial charge in [0.05, 0.1) is 12.8 Å². The molecule has 15 heavy (non-hydrogen) atoms. The van der Waals surface area contributed by atoms with Crippen LogP contribution in [0.3, 0.4) is 0 Å². The van der Waals surface area contributed by atoms with Crippen LogP contribution in [-0.4, -0.2) is 18.1 Å². The van der Waals surface area contributed by atoms with Gasteiger partial charge in [0.2, 0.25) is 0 Å². The summed E-state index contributed by atoms with van der Waals surface area (Å²) in [5, 5.41) is 0. The van der Waals surface area contributed by atoms with Crippen molar-refractivity contribution in [3.63, 3.8) is 0 Å². The standard InChI is InChI=1S/C12H15NO2/c1-8-3-6-10(13-7-8)11(9-4-5-9)12(14)15-2/h3,6-7,9,11H,4-5H2,1-2H3. The highest BCUT2D eigenvalue weighted by molar-refractivity contribution is 5.78. The van der Waals surface area contributed by atoms with Gasteiger partial charge in [-0.05, 0) is 37.3 Å². The van der Waals surface area contributed by atoms with Crippen molar-refractivity contribution in [2.24, 2.45) is 5.92 Å². The number of rotatable bonds is 3. The van der Waals surface area contributed by atoms with E-state index in [2.05, 4.69) is 4.98 Å². The first-order valence-electron chi connectivity index (χ1n) is 5.22. The third kappa shape index (κ3) is 2.17. The monoisotopic (exact) mass is 205 g/mol. The van der Waals surface area contributed by atoms with Crippen LogP contribution in [0, 0.1) is 12.8 Å². The molecule has 0 bridgehead atoms. The fourth-order valence-electron chi connectivity index (χ4n) is 1.77. The van der Waals surface area contributed by atoms with Crippen LogP contribution in [0.25, 0.3) is 0 Å². The molecular weight excluding hydrogens is 190 g/mol. The molecule has 0 radical (unpaired) electrons. The molecule has 80 valence electrons. The quantitative estimate of drug-likeness (QED) is 0.709. The van der Waals surface area contributed by atoms with E-state index < -0.39 is 0 Å². The molecule has 1 saturated carbocycles. The summed E-state index contributed by atoms with van der Waals surface area (Å²) in [6.45, 7) is 1.99. The fraction of sp³-hybridized carbons (Fsp3) is 0.500. The highest BCUT2D eigenvalue weighted by Gasteiger charge is 2.38. The number of carbonyl (C=O) groups excluding carboxylic acids is 1. The van der Waals surface area contributed by atoms with E-state index in [4.69, 9.17) is 4.74 Å². The highest BCUT2D eigenvalue weighted by Crippen LogP contribution is 2.42. The van der Waals surface area contributed by atoms with Crippen molar-refractivity contribution in [2.75, 3.05) is 7.11 Å². The summed E-state index contributed by atoms with van der Waals surface area (Å²) >= 11 is 0. The summed E-state index contributed by atoms with van der Waals surface area (Å²) in [5.41, 5.74) is 1.95. The van der Waals surface area contributed by atoms with Crippen LogP contribution in [-0.2, 0) is 9.53 Å². The van der Waals surface area contributed by atoms with Crippen molar-refractivity contribution in [2.45, 2.75) is 25.7 Å². The van der Waals surface area contributed by atoms with E-state index >= 15 is 0 Å². The Bertz CT molecular complexity index is 354. The number of aromatic nitrogens is 1. The first kappa shape index (κ1) is 10.1. The molecule has 3 nitrogen and oxygen atoms in total. The number of carbonyl (C=O) groups is 1. The first-order valence-corrected chi connectivity index (χ1v) is 5.22. The normalized spacial score (nSPS) is 17.2. The fourth-order valence-corrected chi connectivity index (χ4v) is 1.77. The van der Waals surface area contributed by atoms with Crippen LogP contribution in [0.1, 0.15) is 30.0 Å². The zero-order chi connectivity index (χ0) is 10.8. The van der Waals surface area contributed by atoms with Crippen LogP contribution < -0.4 is 0 Å². The average Bonchev–Trinajstić information content (AvgIpc) is 3.05. The topological polar surface area (TPSA) is 39.2 Å². The number of ether oxygens (including phenoxy) is 1. The number of esters is 1. The molecule has 1 aromatic rings. The molecule has 0 spiro atoms. The van der Waals surface area contributed by atoms with E-state index in [9.17, 15) is 4.79 Å². The molecule has 1 unspecified atom stereocenters. The lowest BCUT2D eigenvalue weighted by Gasteiger charge is -2.12. The first-order chi connectivity index (χ1) is 7.22. The second kappa shape index (κ2) is 4.01. The predicted octanol–water partition coefficient (Wildman–Crippen LogP) is 2.06. The van der Waals surface area contributed by atoms with Gasteiger partial charge in [-0.15, -0.1) is 0 Å². The molecule has 1 atom stereocenters.